The average Bonchev–Trinajstić information content (AvgIpc) is 2.02. The monoisotopic (exact) mass is 283 g/mol. The third kappa shape index (κ3) is 2.50. The Bertz CT molecular complexity index is 435. The summed E-state index contributed by atoms with van der Waals surface area (Å²) in [5.41, 5.74) is 0. The number of nitrogens with one attached hydrogen (secondary N) is 1. The summed E-state index contributed by atoms with van der Waals surface area (Å²) in [5.74, 6) is -0.520. The zero-order valence-corrected chi connectivity index (χ0v) is 9.52. The van der Waals surface area contributed by atoms with Crippen molar-refractivity contribution in [2.75, 3.05) is 7.11 Å². The van der Waals surface area contributed by atoms with E-state index in [4.69, 9.17) is 0 Å². The van der Waals surface area contributed by atoms with E-state index in [1.807, 2.05) is 4.89 Å². The molecule has 0 fully saturated rings. The van der Waals surface area contributed by atoms with E-state index in [1.54, 1.807) is 0 Å². The van der Waals surface area contributed by atoms with Gasteiger partial charge in [0.25, 0.3) is 10.0 Å². The Kier molecular flexibility index (Phi) is 3.59. The maximum Gasteiger partial charge on any atom is 0.263 e. The summed E-state index contributed by atoms with van der Waals surface area (Å²) in [7, 11) is -2.57. The molecule has 0 atom stereocenters. The van der Waals surface area contributed by atoms with Gasteiger partial charge in [-0.25, -0.2) is 12.8 Å². The maximum atomic E-state index is 12.6. The fourth-order valence-corrected chi connectivity index (χ4v) is 2.71. The SMILES string of the molecule is CONS(=O)(=O)c1ccc(F)cc1Br. The molecule has 0 radical (unpaired) electrons. The highest BCUT2D eigenvalue weighted by Crippen LogP contribution is 2.22. The number of rotatable bonds is 3. The molecule has 0 amide bonds. The molecular weight excluding hydrogens is 277 g/mol. The first-order valence-electron chi connectivity index (χ1n) is 3.47. The molecule has 0 unspecified atom stereocenters. The molecule has 1 aromatic rings. The fourth-order valence-electron chi connectivity index (χ4n) is 0.848. The van der Waals surface area contributed by atoms with E-state index in [-0.39, 0.29) is 9.37 Å². The van der Waals surface area contributed by atoms with Crippen LogP contribution in [-0.2, 0) is 14.9 Å². The lowest BCUT2D eigenvalue weighted by atomic mass is 10.3. The number of hydrogen-bond donors (Lipinski definition) is 1. The standard InChI is InChI=1S/C7H7BrFNO3S/c1-13-10-14(11,12)7-3-2-5(9)4-6(7)8/h2-4,10H,1H3. The van der Waals surface area contributed by atoms with Gasteiger partial charge in [0.2, 0.25) is 0 Å². The van der Waals surface area contributed by atoms with Crippen LogP contribution in [0, 0.1) is 5.82 Å². The largest absolute Gasteiger partial charge is 0.290 e. The highest BCUT2D eigenvalue weighted by atomic mass is 79.9. The molecule has 0 saturated carbocycles. The molecule has 0 heterocycles. The molecule has 7 heteroatoms. The van der Waals surface area contributed by atoms with Crippen molar-refractivity contribution in [3.05, 3.63) is 28.5 Å². The van der Waals surface area contributed by atoms with Crippen molar-refractivity contribution in [2.24, 2.45) is 0 Å². The molecule has 1 N–H and O–H groups in total. The lowest BCUT2D eigenvalue weighted by Gasteiger charge is -2.05. The summed E-state index contributed by atoms with van der Waals surface area (Å²) in [5, 5.41) is 0. The quantitative estimate of drug-likeness (QED) is 0.854. The number of halogens is 2. The molecule has 0 spiro atoms. The second kappa shape index (κ2) is 4.35. The van der Waals surface area contributed by atoms with Gasteiger partial charge in [-0.3, -0.25) is 4.84 Å². The van der Waals surface area contributed by atoms with Crippen molar-refractivity contribution >= 4 is 26.0 Å². The third-order valence-corrected chi connectivity index (χ3v) is 3.62. The van der Waals surface area contributed by atoms with Gasteiger partial charge in [-0.2, -0.15) is 0 Å². The van der Waals surface area contributed by atoms with Crippen LogP contribution in [-0.4, -0.2) is 15.5 Å². The van der Waals surface area contributed by atoms with Crippen LogP contribution >= 0.6 is 15.9 Å². The summed E-state index contributed by atoms with van der Waals surface area (Å²) >= 11 is 2.94. The summed E-state index contributed by atoms with van der Waals surface area (Å²) in [6.07, 6.45) is 0. The van der Waals surface area contributed by atoms with Gasteiger partial charge in [0.1, 0.15) is 5.82 Å². The first-order valence-corrected chi connectivity index (χ1v) is 5.75. The Labute approximate surface area is 89.2 Å². The molecule has 0 bridgehead atoms. The van der Waals surface area contributed by atoms with Crippen LogP contribution < -0.4 is 4.89 Å². The number of sulfonamides is 1. The first kappa shape index (κ1) is 11.6. The summed E-state index contributed by atoms with van der Waals surface area (Å²) in [6, 6.07) is 3.25. The van der Waals surface area contributed by atoms with Gasteiger partial charge >= 0.3 is 0 Å². The highest BCUT2D eigenvalue weighted by Gasteiger charge is 2.17. The number of benzene rings is 1. The molecule has 0 aliphatic heterocycles. The van der Waals surface area contributed by atoms with Gasteiger partial charge in [-0.15, -0.1) is 0 Å². The van der Waals surface area contributed by atoms with Crippen molar-refractivity contribution in [3.8, 4) is 0 Å². The van der Waals surface area contributed by atoms with Crippen molar-refractivity contribution in [1.82, 2.24) is 4.89 Å². The van der Waals surface area contributed by atoms with Gasteiger partial charge in [0.05, 0.1) is 12.0 Å². The molecule has 4 nitrogen and oxygen atoms in total. The van der Waals surface area contributed by atoms with Gasteiger partial charge in [-0.1, -0.05) is 4.89 Å². The zero-order valence-electron chi connectivity index (χ0n) is 7.12. The topological polar surface area (TPSA) is 55.4 Å². The van der Waals surface area contributed by atoms with Crippen LogP contribution in [0.4, 0.5) is 4.39 Å². The molecule has 14 heavy (non-hydrogen) atoms. The van der Waals surface area contributed by atoms with Crippen LogP contribution in [0.3, 0.4) is 0 Å². The predicted molar refractivity (Wildman–Crippen MR) is 51.4 cm³/mol. The lowest BCUT2D eigenvalue weighted by molar-refractivity contribution is 0.153. The average molecular weight is 284 g/mol. The van der Waals surface area contributed by atoms with E-state index in [9.17, 15) is 12.8 Å². The summed E-state index contributed by atoms with van der Waals surface area (Å²) in [4.78, 5) is 6.03. The molecule has 0 aromatic heterocycles. The zero-order chi connectivity index (χ0) is 10.8. The molecule has 0 saturated heterocycles. The lowest BCUT2D eigenvalue weighted by Crippen LogP contribution is -2.22. The maximum absolute atomic E-state index is 12.6. The van der Waals surface area contributed by atoms with E-state index in [0.29, 0.717) is 0 Å². The molecule has 0 aliphatic rings. The van der Waals surface area contributed by atoms with E-state index >= 15 is 0 Å². The minimum atomic E-state index is -3.74. The van der Waals surface area contributed by atoms with Gasteiger partial charge in [-0.05, 0) is 34.1 Å². The van der Waals surface area contributed by atoms with Crippen molar-refractivity contribution < 1.29 is 17.6 Å². The van der Waals surface area contributed by atoms with Crippen LogP contribution in [0.2, 0.25) is 0 Å². The van der Waals surface area contributed by atoms with Crippen LogP contribution in [0.15, 0.2) is 27.6 Å². The molecular formula is C7H7BrFNO3S. The minimum Gasteiger partial charge on any atom is -0.290 e. The smallest absolute Gasteiger partial charge is 0.263 e. The van der Waals surface area contributed by atoms with Gasteiger partial charge in [0, 0.05) is 4.47 Å². The van der Waals surface area contributed by atoms with Crippen molar-refractivity contribution in [3.63, 3.8) is 0 Å². The Morgan fingerprint density at radius 1 is 1.50 bits per heavy atom. The minimum absolute atomic E-state index is 0.0826. The highest BCUT2D eigenvalue weighted by molar-refractivity contribution is 9.10. The Balaban J connectivity index is 3.20. The third-order valence-electron chi connectivity index (χ3n) is 1.38. The molecule has 1 aromatic carbocycles. The molecule has 1 rings (SSSR count). The van der Waals surface area contributed by atoms with Crippen molar-refractivity contribution in [1.29, 1.82) is 0 Å². The summed E-state index contributed by atoms with van der Waals surface area (Å²) in [6.45, 7) is 0. The van der Waals surface area contributed by atoms with E-state index in [1.165, 1.54) is 7.11 Å². The van der Waals surface area contributed by atoms with E-state index in [2.05, 4.69) is 20.8 Å². The van der Waals surface area contributed by atoms with E-state index in [0.717, 1.165) is 18.2 Å². The van der Waals surface area contributed by atoms with Crippen LogP contribution in [0.25, 0.3) is 0 Å². The fraction of sp³-hybridized carbons (Fsp3) is 0.143. The predicted octanol–water partition coefficient (Wildman–Crippen LogP) is 1.43. The second-order valence-electron chi connectivity index (χ2n) is 2.37. The Hall–Kier alpha value is -0.500. The van der Waals surface area contributed by atoms with Crippen LogP contribution in [0.1, 0.15) is 0 Å². The van der Waals surface area contributed by atoms with Crippen molar-refractivity contribution in [2.45, 2.75) is 4.90 Å². The van der Waals surface area contributed by atoms with Gasteiger partial charge in [0.15, 0.2) is 0 Å². The van der Waals surface area contributed by atoms with Crippen LogP contribution in [0.5, 0.6) is 0 Å². The Morgan fingerprint density at radius 2 is 2.14 bits per heavy atom. The van der Waals surface area contributed by atoms with E-state index < -0.39 is 15.8 Å². The molecule has 0 aliphatic carbocycles. The normalized spacial score (nSPS) is 11.6. The second-order valence-corrected chi connectivity index (χ2v) is 4.83. The first-order chi connectivity index (χ1) is 6.47. The summed E-state index contributed by atoms with van der Waals surface area (Å²) < 4.78 is 35.5. The Morgan fingerprint density at radius 3 is 2.64 bits per heavy atom. The van der Waals surface area contributed by atoms with Gasteiger partial charge < -0.3 is 0 Å². The number of hydrogen-bond acceptors (Lipinski definition) is 3. The molecule has 78 valence electrons.